The molecular formula is C16H20ClF3IN5. The average Bonchev–Trinajstić information content (AvgIpc) is 2.93. The van der Waals surface area contributed by atoms with Crippen LogP contribution >= 0.6 is 35.6 Å². The topological polar surface area (TPSA) is 54.2 Å². The zero-order chi connectivity index (χ0) is 18.6. The molecule has 0 aliphatic carbocycles. The van der Waals surface area contributed by atoms with Gasteiger partial charge in [-0.25, -0.2) is 0 Å². The second-order valence-corrected chi connectivity index (χ2v) is 5.95. The summed E-state index contributed by atoms with van der Waals surface area (Å²) in [6.07, 6.45) is -3.16. The summed E-state index contributed by atoms with van der Waals surface area (Å²) in [6, 6.07) is 7.19. The van der Waals surface area contributed by atoms with Crippen molar-refractivity contribution in [1.29, 1.82) is 0 Å². The molecule has 0 spiro atoms. The van der Waals surface area contributed by atoms with Crippen LogP contribution < -0.4 is 10.6 Å². The summed E-state index contributed by atoms with van der Waals surface area (Å²) in [6.45, 7) is 1.87. The van der Waals surface area contributed by atoms with E-state index in [0.717, 1.165) is 10.2 Å². The maximum absolute atomic E-state index is 13.0. The number of hydrogen-bond acceptors (Lipinski definition) is 2. The normalized spacial score (nSPS) is 13.1. The molecule has 0 bridgehead atoms. The number of rotatable bonds is 4. The van der Waals surface area contributed by atoms with E-state index in [1.807, 2.05) is 19.1 Å². The van der Waals surface area contributed by atoms with Crippen molar-refractivity contribution in [3.05, 3.63) is 52.3 Å². The highest BCUT2D eigenvalue weighted by Gasteiger charge is 2.36. The molecule has 26 heavy (non-hydrogen) atoms. The fourth-order valence-corrected chi connectivity index (χ4v) is 2.45. The number of alkyl halides is 3. The van der Waals surface area contributed by atoms with Gasteiger partial charge in [-0.15, -0.1) is 24.0 Å². The van der Waals surface area contributed by atoms with Crippen LogP contribution in [0.2, 0.25) is 5.02 Å². The van der Waals surface area contributed by atoms with Crippen molar-refractivity contribution in [2.24, 2.45) is 12.0 Å². The first-order chi connectivity index (χ1) is 11.7. The number of nitrogens with zero attached hydrogens (tertiary/aromatic N) is 3. The third kappa shape index (κ3) is 6.04. The van der Waals surface area contributed by atoms with Crippen LogP contribution in [0.3, 0.4) is 0 Å². The number of nitrogens with one attached hydrogen (secondary N) is 2. The van der Waals surface area contributed by atoms with Crippen molar-refractivity contribution in [1.82, 2.24) is 20.4 Å². The van der Waals surface area contributed by atoms with Crippen molar-refractivity contribution >= 4 is 41.5 Å². The zero-order valence-corrected chi connectivity index (χ0v) is 17.5. The molecule has 0 aliphatic heterocycles. The summed E-state index contributed by atoms with van der Waals surface area (Å²) in [4.78, 5) is 4.04. The molecule has 2 rings (SSSR count). The van der Waals surface area contributed by atoms with Gasteiger partial charge in [0.2, 0.25) is 0 Å². The molecule has 1 heterocycles. The van der Waals surface area contributed by atoms with Gasteiger partial charge in [0.05, 0.1) is 6.04 Å². The third-order valence-corrected chi connectivity index (χ3v) is 3.82. The molecule has 0 radical (unpaired) electrons. The zero-order valence-electron chi connectivity index (χ0n) is 14.4. The maximum Gasteiger partial charge on any atom is 0.435 e. The van der Waals surface area contributed by atoms with E-state index in [2.05, 4.69) is 20.7 Å². The van der Waals surface area contributed by atoms with Gasteiger partial charge in [-0.3, -0.25) is 9.67 Å². The minimum absolute atomic E-state index is 0. The summed E-state index contributed by atoms with van der Waals surface area (Å²) < 4.78 is 40.1. The highest BCUT2D eigenvalue weighted by atomic mass is 127. The van der Waals surface area contributed by atoms with Crippen LogP contribution in [0.4, 0.5) is 13.2 Å². The van der Waals surface area contributed by atoms with Crippen LogP contribution in [-0.2, 0) is 19.8 Å². The SMILES string of the molecule is CN=C(NCc1cn(C)nc1C(F)(F)F)NC(C)c1ccc(Cl)cc1.I. The first-order valence-electron chi connectivity index (χ1n) is 7.53. The van der Waals surface area contributed by atoms with E-state index in [1.165, 1.54) is 13.2 Å². The largest absolute Gasteiger partial charge is 0.435 e. The molecule has 1 aromatic heterocycles. The molecule has 0 saturated heterocycles. The molecule has 0 aliphatic rings. The molecule has 0 fully saturated rings. The van der Waals surface area contributed by atoms with Crippen molar-refractivity contribution < 1.29 is 13.2 Å². The molecule has 1 atom stereocenters. The Labute approximate surface area is 172 Å². The monoisotopic (exact) mass is 501 g/mol. The highest BCUT2D eigenvalue weighted by Crippen LogP contribution is 2.30. The number of aryl methyl sites for hydroxylation is 1. The van der Waals surface area contributed by atoms with Crippen LogP contribution in [-0.4, -0.2) is 22.8 Å². The van der Waals surface area contributed by atoms with Crippen molar-refractivity contribution in [3.8, 4) is 0 Å². The average molecular weight is 502 g/mol. The van der Waals surface area contributed by atoms with Crippen LogP contribution in [0.15, 0.2) is 35.5 Å². The van der Waals surface area contributed by atoms with Gasteiger partial charge in [0, 0.05) is 37.4 Å². The molecular weight excluding hydrogens is 482 g/mol. The minimum atomic E-state index is -4.49. The van der Waals surface area contributed by atoms with Crippen molar-refractivity contribution in [2.45, 2.75) is 25.7 Å². The van der Waals surface area contributed by atoms with E-state index in [9.17, 15) is 13.2 Å². The van der Waals surface area contributed by atoms with Gasteiger partial charge in [0.25, 0.3) is 0 Å². The van der Waals surface area contributed by atoms with Crippen LogP contribution in [0, 0.1) is 0 Å². The summed E-state index contributed by atoms with van der Waals surface area (Å²) in [5.74, 6) is 0.388. The summed E-state index contributed by atoms with van der Waals surface area (Å²) in [5, 5.41) is 10.1. The summed E-state index contributed by atoms with van der Waals surface area (Å²) in [7, 11) is 3.01. The van der Waals surface area contributed by atoms with Crippen LogP contribution in [0.1, 0.15) is 29.8 Å². The molecule has 144 valence electrons. The lowest BCUT2D eigenvalue weighted by molar-refractivity contribution is -0.142. The van der Waals surface area contributed by atoms with Crippen LogP contribution in [0.5, 0.6) is 0 Å². The van der Waals surface area contributed by atoms with Gasteiger partial charge in [0.15, 0.2) is 11.7 Å². The first kappa shape index (κ1) is 22.6. The van der Waals surface area contributed by atoms with Gasteiger partial charge < -0.3 is 10.6 Å². The Kier molecular flexibility index (Phi) is 8.19. The number of hydrogen-bond donors (Lipinski definition) is 2. The Morgan fingerprint density at radius 3 is 2.46 bits per heavy atom. The first-order valence-corrected chi connectivity index (χ1v) is 7.91. The van der Waals surface area contributed by atoms with E-state index in [0.29, 0.717) is 11.0 Å². The predicted octanol–water partition coefficient (Wildman–Crippen LogP) is 4.14. The van der Waals surface area contributed by atoms with Gasteiger partial charge in [-0.05, 0) is 24.6 Å². The lowest BCUT2D eigenvalue weighted by Gasteiger charge is -2.18. The fourth-order valence-electron chi connectivity index (χ4n) is 2.32. The summed E-state index contributed by atoms with van der Waals surface area (Å²) in [5.41, 5.74) is 0.130. The van der Waals surface area contributed by atoms with E-state index in [-0.39, 0.29) is 42.1 Å². The van der Waals surface area contributed by atoms with Gasteiger partial charge in [-0.2, -0.15) is 18.3 Å². The second-order valence-electron chi connectivity index (χ2n) is 5.52. The molecule has 1 aromatic carbocycles. The fraction of sp³-hybridized carbons (Fsp3) is 0.375. The van der Waals surface area contributed by atoms with E-state index < -0.39 is 11.9 Å². The Balaban J connectivity index is 0.00000338. The van der Waals surface area contributed by atoms with E-state index in [1.54, 1.807) is 19.2 Å². The maximum atomic E-state index is 13.0. The smallest absolute Gasteiger partial charge is 0.352 e. The second kappa shape index (κ2) is 9.45. The molecule has 0 amide bonds. The quantitative estimate of drug-likeness (QED) is 0.376. The van der Waals surface area contributed by atoms with Gasteiger partial charge >= 0.3 is 6.18 Å². The Hall–Kier alpha value is -1.49. The molecule has 10 heteroatoms. The highest BCUT2D eigenvalue weighted by molar-refractivity contribution is 14.0. The Morgan fingerprint density at radius 2 is 1.92 bits per heavy atom. The van der Waals surface area contributed by atoms with Crippen molar-refractivity contribution in [2.75, 3.05) is 7.05 Å². The molecule has 0 saturated carbocycles. The molecule has 5 nitrogen and oxygen atoms in total. The Bertz CT molecular complexity index is 743. The number of benzene rings is 1. The van der Waals surface area contributed by atoms with Gasteiger partial charge in [0.1, 0.15) is 0 Å². The third-order valence-electron chi connectivity index (χ3n) is 3.57. The molecule has 2 aromatic rings. The standard InChI is InChI=1S/C16H19ClF3N5.HI/c1-10(11-4-6-13(17)7-5-11)23-15(21-2)22-8-12-9-25(3)24-14(12)16(18,19)20;/h4-7,9-10H,8H2,1-3H3,(H2,21,22,23);1H. The molecule has 2 N–H and O–H groups in total. The minimum Gasteiger partial charge on any atom is -0.352 e. The predicted molar refractivity (Wildman–Crippen MR) is 107 cm³/mol. The molecule has 1 unspecified atom stereocenters. The number of guanidine groups is 1. The number of aliphatic imine (C=N–C) groups is 1. The number of aromatic nitrogens is 2. The van der Waals surface area contributed by atoms with Crippen molar-refractivity contribution in [3.63, 3.8) is 0 Å². The van der Waals surface area contributed by atoms with E-state index >= 15 is 0 Å². The Morgan fingerprint density at radius 1 is 1.31 bits per heavy atom. The van der Waals surface area contributed by atoms with Gasteiger partial charge in [-0.1, -0.05) is 23.7 Å². The van der Waals surface area contributed by atoms with Crippen LogP contribution in [0.25, 0.3) is 0 Å². The lowest BCUT2D eigenvalue weighted by atomic mass is 10.1. The summed E-state index contributed by atoms with van der Waals surface area (Å²) >= 11 is 5.86. The van der Waals surface area contributed by atoms with E-state index in [4.69, 9.17) is 11.6 Å². The lowest BCUT2D eigenvalue weighted by Crippen LogP contribution is -2.38. The number of halogens is 5.